The second kappa shape index (κ2) is 8.06. The van der Waals surface area contributed by atoms with Crippen molar-refractivity contribution in [2.75, 3.05) is 11.4 Å². The number of anilines is 1. The highest BCUT2D eigenvalue weighted by Crippen LogP contribution is 2.36. The molecular weight excluding hydrogens is 370 g/mol. The number of hydrogen-bond acceptors (Lipinski definition) is 4. The van der Waals surface area contributed by atoms with E-state index in [-0.39, 0.29) is 11.9 Å². The van der Waals surface area contributed by atoms with Crippen LogP contribution in [0.2, 0.25) is 0 Å². The molecule has 1 aromatic carbocycles. The molecule has 8 nitrogen and oxygen atoms in total. The summed E-state index contributed by atoms with van der Waals surface area (Å²) >= 11 is 0. The first-order chi connectivity index (χ1) is 13.7. The molecule has 3 rings (SSSR count). The summed E-state index contributed by atoms with van der Waals surface area (Å²) in [4.78, 5) is 39.1. The van der Waals surface area contributed by atoms with Crippen LogP contribution in [-0.4, -0.2) is 40.1 Å². The zero-order valence-corrected chi connectivity index (χ0v) is 17.4. The van der Waals surface area contributed by atoms with E-state index in [4.69, 9.17) is 0 Å². The lowest BCUT2D eigenvalue weighted by molar-refractivity contribution is -0.140. The van der Waals surface area contributed by atoms with Gasteiger partial charge in [-0.05, 0) is 45.7 Å². The highest BCUT2D eigenvalue weighted by Gasteiger charge is 2.39. The zero-order valence-electron chi connectivity index (χ0n) is 17.4. The highest BCUT2D eigenvalue weighted by atomic mass is 16.2. The van der Waals surface area contributed by atoms with E-state index in [0.29, 0.717) is 18.5 Å². The number of amides is 3. The number of nitrogens with zero attached hydrogens (tertiary/aromatic N) is 3. The molecule has 0 saturated heterocycles. The van der Waals surface area contributed by atoms with Crippen molar-refractivity contribution >= 4 is 23.4 Å². The Morgan fingerprint density at radius 3 is 2.48 bits per heavy atom. The molecule has 8 heteroatoms. The molecule has 0 radical (unpaired) electrons. The number of rotatable bonds is 5. The number of aromatic nitrogens is 2. The van der Waals surface area contributed by atoms with Crippen molar-refractivity contribution < 1.29 is 14.4 Å². The lowest BCUT2D eigenvalue weighted by Gasteiger charge is -2.22. The van der Waals surface area contributed by atoms with E-state index in [1.54, 1.807) is 15.6 Å². The van der Waals surface area contributed by atoms with Crippen molar-refractivity contribution in [2.24, 2.45) is 7.05 Å². The van der Waals surface area contributed by atoms with Crippen LogP contribution in [0.25, 0.3) is 0 Å². The average Bonchev–Trinajstić information content (AvgIpc) is 3.09. The summed E-state index contributed by atoms with van der Waals surface area (Å²) in [5.74, 6) is -1.80. The lowest BCUT2D eigenvalue weighted by atomic mass is 10.1. The summed E-state index contributed by atoms with van der Waals surface area (Å²) in [6.45, 7) is 8.02. The second-order valence-corrected chi connectivity index (χ2v) is 7.55. The second-order valence-electron chi connectivity index (χ2n) is 7.55. The molecule has 2 aromatic rings. The van der Waals surface area contributed by atoms with Crippen molar-refractivity contribution in [2.45, 2.75) is 46.2 Å². The van der Waals surface area contributed by atoms with Gasteiger partial charge in [0.1, 0.15) is 6.04 Å². The third-order valence-electron chi connectivity index (χ3n) is 5.31. The Hall–Kier alpha value is -3.16. The minimum atomic E-state index is -0.852. The molecule has 1 atom stereocenters. The number of carbonyl (C=O) groups is 3. The van der Waals surface area contributed by atoms with Crippen LogP contribution >= 0.6 is 0 Å². The van der Waals surface area contributed by atoms with E-state index in [2.05, 4.69) is 15.7 Å². The molecule has 1 aliphatic rings. The summed E-state index contributed by atoms with van der Waals surface area (Å²) < 4.78 is 1.79. The predicted molar refractivity (Wildman–Crippen MR) is 109 cm³/mol. The van der Waals surface area contributed by atoms with Gasteiger partial charge in [-0.25, -0.2) is 0 Å². The van der Waals surface area contributed by atoms with Gasteiger partial charge in [0.2, 0.25) is 0 Å². The van der Waals surface area contributed by atoms with E-state index in [1.807, 2.05) is 52.9 Å². The number of fused-ring (bicyclic) bond motifs is 1. The molecule has 0 unspecified atom stereocenters. The monoisotopic (exact) mass is 397 g/mol. The third-order valence-corrected chi connectivity index (χ3v) is 5.31. The van der Waals surface area contributed by atoms with Crippen molar-refractivity contribution in [3.8, 4) is 0 Å². The van der Waals surface area contributed by atoms with Gasteiger partial charge in [-0.3, -0.25) is 19.1 Å². The Balaban J connectivity index is 1.62. The number of hydrogen-bond donors (Lipinski definition) is 2. The fraction of sp³-hybridized carbons (Fsp3) is 0.429. The van der Waals surface area contributed by atoms with Gasteiger partial charge < -0.3 is 15.5 Å². The largest absolute Gasteiger partial charge is 0.348 e. The molecule has 0 aliphatic carbocycles. The molecule has 0 spiro atoms. The third kappa shape index (κ3) is 3.87. The summed E-state index contributed by atoms with van der Waals surface area (Å²) in [6, 6.07) is 6.40. The maximum absolute atomic E-state index is 12.8. The fourth-order valence-corrected chi connectivity index (χ4v) is 3.77. The number of para-hydroxylation sites is 1. The Bertz CT molecular complexity index is 963. The van der Waals surface area contributed by atoms with Gasteiger partial charge in [0.15, 0.2) is 0 Å². The van der Waals surface area contributed by atoms with E-state index in [1.165, 1.54) is 0 Å². The van der Waals surface area contributed by atoms with Crippen LogP contribution in [0.1, 0.15) is 42.4 Å². The Morgan fingerprint density at radius 1 is 1.17 bits per heavy atom. The van der Waals surface area contributed by atoms with Gasteiger partial charge in [-0.1, -0.05) is 18.2 Å². The Labute approximate surface area is 170 Å². The SMILES string of the molecule is Cc1nn(C)c(C)c1CCNC(=O)C(=O)N[C@@H]1C(=O)N(C(C)C)c2ccccc21. The summed E-state index contributed by atoms with van der Waals surface area (Å²) in [5.41, 5.74) is 4.46. The lowest BCUT2D eigenvalue weighted by Crippen LogP contribution is -2.45. The molecule has 0 fully saturated rings. The van der Waals surface area contributed by atoms with Crippen LogP contribution in [0, 0.1) is 13.8 Å². The van der Waals surface area contributed by atoms with Crippen LogP contribution in [0.4, 0.5) is 5.69 Å². The number of carbonyl (C=O) groups excluding carboxylic acids is 3. The van der Waals surface area contributed by atoms with E-state index in [0.717, 1.165) is 22.6 Å². The first-order valence-corrected chi connectivity index (χ1v) is 9.72. The first-order valence-electron chi connectivity index (χ1n) is 9.72. The number of aryl methyl sites for hydroxylation is 2. The molecule has 2 heterocycles. The molecule has 154 valence electrons. The van der Waals surface area contributed by atoms with Crippen molar-refractivity contribution in [3.63, 3.8) is 0 Å². The van der Waals surface area contributed by atoms with Crippen LogP contribution in [0.5, 0.6) is 0 Å². The van der Waals surface area contributed by atoms with Gasteiger partial charge in [-0.2, -0.15) is 5.10 Å². The number of benzene rings is 1. The van der Waals surface area contributed by atoms with Crippen LogP contribution < -0.4 is 15.5 Å². The zero-order chi connectivity index (χ0) is 21.3. The van der Waals surface area contributed by atoms with Crippen LogP contribution in [-0.2, 0) is 27.9 Å². The topological polar surface area (TPSA) is 96.3 Å². The van der Waals surface area contributed by atoms with Gasteiger partial charge in [0.05, 0.1) is 5.69 Å². The molecule has 1 aromatic heterocycles. The maximum Gasteiger partial charge on any atom is 0.310 e. The maximum atomic E-state index is 12.8. The minimum absolute atomic E-state index is 0.0506. The van der Waals surface area contributed by atoms with Gasteiger partial charge in [0, 0.05) is 36.6 Å². The molecule has 2 N–H and O–H groups in total. The molecule has 0 saturated carbocycles. The van der Waals surface area contributed by atoms with Crippen molar-refractivity contribution in [1.82, 2.24) is 20.4 Å². The predicted octanol–water partition coefficient (Wildman–Crippen LogP) is 1.31. The number of nitrogens with one attached hydrogen (secondary N) is 2. The molecular formula is C21H27N5O3. The Morgan fingerprint density at radius 2 is 1.86 bits per heavy atom. The first kappa shape index (κ1) is 20.6. The molecule has 0 bridgehead atoms. The molecule has 1 aliphatic heterocycles. The van der Waals surface area contributed by atoms with E-state index < -0.39 is 17.9 Å². The standard InChI is InChI=1S/C21H27N5O3/c1-12(2)26-17-9-7-6-8-16(17)18(21(26)29)23-20(28)19(27)22-11-10-15-13(3)24-25(5)14(15)4/h6-9,12,18H,10-11H2,1-5H3,(H,22,27)(H,23,28)/t18-/m0/s1. The Kier molecular flexibility index (Phi) is 5.72. The van der Waals surface area contributed by atoms with Crippen LogP contribution in [0.15, 0.2) is 24.3 Å². The van der Waals surface area contributed by atoms with Crippen molar-refractivity contribution in [3.05, 3.63) is 46.8 Å². The summed E-state index contributed by atoms with van der Waals surface area (Å²) in [6.07, 6.45) is 0.580. The summed E-state index contributed by atoms with van der Waals surface area (Å²) in [7, 11) is 1.87. The van der Waals surface area contributed by atoms with Gasteiger partial charge >= 0.3 is 11.8 Å². The average molecular weight is 397 g/mol. The highest BCUT2D eigenvalue weighted by molar-refractivity contribution is 6.35. The van der Waals surface area contributed by atoms with E-state index in [9.17, 15) is 14.4 Å². The van der Waals surface area contributed by atoms with Gasteiger partial charge in [0.25, 0.3) is 5.91 Å². The van der Waals surface area contributed by atoms with Gasteiger partial charge in [-0.15, -0.1) is 0 Å². The summed E-state index contributed by atoms with van der Waals surface area (Å²) in [5, 5.41) is 9.56. The molecule has 29 heavy (non-hydrogen) atoms. The van der Waals surface area contributed by atoms with Crippen LogP contribution in [0.3, 0.4) is 0 Å². The van der Waals surface area contributed by atoms with Crippen molar-refractivity contribution in [1.29, 1.82) is 0 Å². The smallest absolute Gasteiger partial charge is 0.310 e. The molecule has 3 amide bonds. The van der Waals surface area contributed by atoms with E-state index >= 15 is 0 Å². The minimum Gasteiger partial charge on any atom is -0.348 e. The quantitative estimate of drug-likeness (QED) is 0.744. The fourth-order valence-electron chi connectivity index (χ4n) is 3.77. The normalized spacial score (nSPS) is 15.6.